The molecule has 33 heavy (non-hydrogen) atoms. The monoisotopic (exact) mass is 440 g/mol. The van der Waals surface area contributed by atoms with Crippen LogP contribution in [0.3, 0.4) is 0 Å². The van der Waals surface area contributed by atoms with Crippen molar-refractivity contribution in [3.63, 3.8) is 0 Å². The van der Waals surface area contributed by atoms with Gasteiger partial charge in [0.1, 0.15) is 5.69 Å². The Kier molecular flexibility index (Phi) is 5.48. The van der Waals surface area contributed by atoms with Gasteiger partial charge in [-0.3, -0.25) is 19.0 Å². The Bertz CT molecular complexity index is 1460. The van der Waals surface area contributed by atoms with E-state index in [4.69, 9.17) is 6.57 Å². The molecule has 8 heteroatoms. The minimum Gasteiger partial charge on any atom is -0.503 e. The molecule has 4 rings (SSSR count). The predicted octanol–water partition coefficient (Wildman–Crippen LogP) is 5.26. The third-order valence-corrected chi connectivity index (χ3v) is 5.47. The van der Waals surface area contributed by atoms with Crippen molar-refractivity contribution in [2.45, 2.75) is 27.3 Å². The standard InChI is InChI=1S/C25H20N4O4/c1-13(2)12-29-24(32)20(26-4)14(3)21(25(29)33)28-27-18-11-7-10-17-19(18)23(31)16-9-6-5-8-15(16)22(17)30/h5-11,13,32H,12H2,1-3H3. The number of nitrogens with zero attached hydrogens (tertiary/aromatic N) is 4. The van der Waals surface area contributed by atoms with E-state index in [2.05, 4.69) is 15.1 Å². The summed E-state index contributed by atoms with van der Waals surface area (Å²) in [6.45, 7) is 12.9. The van der Waals surface area contributed by atoms with Gasteiger partial charge in [-0.15, -0.1) is 10.2 Å². The summed E-state index contributed by atoms with van der Waals surface area (Å²) in [7, 11) is 0. The van der Waals surface area contributed by atoms with E-state index in [0.717, 1.165) is 4.57 Å². The first-order valence-electron chi connectivity index (χ1n) is 10.3. The molecule has 1 heterocycles. The van der Waals surface area contributed by atoms with Gasteiger partial charge < -0.3 is 5.11 Å². The first-order chi connectivity index (χ1) is 15.8. The van der Waals surface area contributed by atoms with Crippen LogP contribution in [0.2, 0.25) is 0 Å². The molecule has 0 saturated carbocycles. The van der Waals surface area contributed by atoms with E-state index in [1.807, 2.05) is 13.8 Å². The average molecular weight is 440 g/mol. The molecule has 0 atom stereocenters. The summed E-state index contributed by atoms with van der Waals surface area (Å²) in [4.78, 5) is 42.4. The van der Waals surface area contributed by atoms with Gasteiger partial charge in [0.2, 0.25) is 5.69 Å². The number of ketones is 2. The molecule has 2 aromatic carbocycles. The molecule has 1 N–H and O–H groups in total. The predicted molar refractivity (Wildman–Crippen MR) is 122 cm³/mol. The Morgan fingerprint density at radius 3 is 2.24 bits per heavy atom. The number of azo groups is 1. The number of carbonyl (C=O) groups is 2. The number of aromatic hydroxyl groups is 1. The van der Waals surface area contributed by atoms with Gasteiger partial charge in [-0.2, -0.15) is 0 Å². The number of rotatable bonds is 4. The number of aromatic nitrogens is 1. The van der Waals surface area contributed by atoms with Crippen LogP contribution in [0.1, 0.15) is 51.3 Å². The van der Waals surface area contributed by atoms with Crippen LogP contribution >= 0.6 is 0 Å². The van der Waals surface area contributed by atoms with Gasteiger partial charge in [0.05, 0.1) is 17.8 Å². The maximum absolute atomic E-state index is 13.1. The van der Waals surface area contributed by atoms with Gasteiger partial charge in [0, 0.05) is 23.2 Å². The van der Waals surface area contributed by atoms with Crippen LogP contribution in [0.25, 0.3) is 4.85 Å². The zero-order chi connectivity index (χ0) is 23.9. The average Bonchev–Trinajstić information content (AvgIpc) is 2.80. The van der Waals surface area contributed by atoms with Crippen molar-refractivity contribution in [3.8, 4) is 5.88 Å². The van der Waals surface area contributed by atoms with Crippen LogP contribution < -0.4 is 5.56 Å². The van der Waals surface area contributed by atoms with E-state index in [9.17, 15) is 19.5 Å². The van der Waals surface area contributed by atoms with Crippen LogP contribution in [-0.2, 0) is 6.54 Å². The quantitative estimate of drug-likeness (QED) is 0.345. The Balaban J connectivity index is 1.88. The SMILES string of the molecule is [C-]#[N+]c1c(C)c(N=Nc2cccc3c2C(=O)c2ccccc2C3=O)c(=O)n(CC(C)C)c1O. The van der Waals surface area contributed by atoms with Gasteiger partial charge in [-0.1, -0.05) is 50.2 Å². The molecule has 0 unspecified atom stereocenters. The molecule has 164 valence electrons. The fourth-order valence-electron chi connectivity index (χ4n) is 3.89. The summed E-state index contributed by atoms with van der Waals surface area (Å²) in [6, 6.07) is 11.3. The minimum absolute atomic E-state index is 0.0320. The van der Waals surface area contributed by atoms with E-state index in [1.54, 1.807) is 42.5 Å². The highest BCUT2D eigenvalue weighted by atomic mass is 16.3. The molecular weight excluding hydrogens is 420 g/mol. The third-order valence-electron chi connectivity index (χ3n) is 5.47. The summed E-state index contributed by atoms with van der Waals surface area (Å²) in [6.07, 6.45) is 0. The van der Waals surface area contributed by atoms with Crippen LogP contribution in [0.4, 0.5) is 17.1 Å². The lowest BCUT2D eigenvalue weighted by molar-refractivity contribution is 0.0979. The number of carbonyl (C=O) groups excluding carboxylic acids is 2. The van der Waals surface area contributed by atoms with Crippen molar-refractivity contribution in [3.05, 3.63) is 92.1 Å². The van der Waals surface area contributed by atoms with E-state index in [-0.39, 0.29) is 63.3 Å². The van der Waals surface area contributed by atoms with Crippen molar-refractivity contribution in [2.24, 2.45) is 16.1 Å². The first kappa shape index (κ1) is 21.8. The molecule has 0 radical (unpaired) electrons. The highest BCUT2D eigenvalue weighted by molar-refractivity contribution is 6.29. The van der Waals surface area contributed by atoms with Gasteiger partial charge in [0.25, 0.3) is 5.56 Å². The number of fused-ring (bicyclic) bond motifs is 2. The molecule has 3 aromatic rings. The fourth-order valence-corrected chi connectivity index (χ4v) is 3.89. The molecule has 1 aromatic heterocycles. The fraction of sp³-hybridized carbons (Fsp3) is 0.200. The number of hydrogen-bond donors (Lipinski definition) is 1. The summed E-state index contributed by atoms with van der Waals surface area (Å²) in [5.41, 5.74) is 0.510. The summed E-state index contributed by atoms with van der Waals surface area (Å²) >= 11 is 0. The number of benzene rings is 2. The molecule has 1 aliphatic rings. The number of hydrogen-bond acceptors (Lipinski definition) is 6. The van der Waals surface area contributed by atoms with Crippen molar-refractivity contribution < 1.29 is 14.7 Å². The van der Waals surface area contributed by atoms with Crippen LogP contribution in [0, 0.1) is 19.4 Å². The third kappa shape index (κ3) is 3.53. The normalized spacial score (nSPS) is 12.7. The summed E-state index contributed by atoms with van der Waals surface area (Å²) in [5.74, 6) is -1.01. The van der Waals surface area contributed by atoms with Crippen LogP contribution in [-0.4, -0.2) is 21.2 Å². The molecular formula is C25H20N4O4. The van der Waals surface area contributed by atoms with Crippen molar-refractivity contribution in [2.75, 3.05) is 0 Å². The lowest BCUT2D eigenvalue weighted by atomic mass is 9.83. The van der Waals surface area contributed by atoms with Gasteiger partial charge in [0.15, 0.2) is 17.4 Å². The number of pyridine rings is 1. The second kappa shape index (κ2) is 8.28. The van der Waals surface area contributed by atoms with Gasteiger partial charge in [-0.25, -0.2) is 4.85 Å². The van der Waals surface area contributed by atoms with Crippen LogP contribution in [0.5, 0.6) is 5.88 Å². The van der Waals surface area contributed by atoms with E-state index in [0.29, 0.717) is 5.56 Å². The highest BCUT2D eigenvalue weighted by Crippen LogP contribution is 2.37. The Morgan fingerprint density at radius 1 is 0.970 bits per heavy atom. The van der Waals surface area contributed by atoms with E-state index >= 15 is 0 Å². The summed E-state index contributed by atoms with van der Waals surface area (Å²) in [5, 5.41) is 18.7. The van der Waals surface area contributed by atoms with E-state index in [1.165, 1.54) is 6.92 Å². The maximum atomic E-state index is 13.1. The molecule has 0 amide bonds. The van der Waals surface area contributed by atoms with E-state index < -0.39 is 11.4 Å². The lowest BCUT2D eigenvalue weighted by Gasteiger charge is -2.18. The molecule has 1 aliphatic carbocycles. The Hall–Kier alpha value is -4.38. The first-order valence-corrected chi connectivity index (χ1v) is 10.3. The second-order valence-corrected chi connectivity index (χ2v) is 8.17. The molecule has 8 nitrogen and oxygen atoms in total. The maximum Gasteiger partial charge on any atom is 0.279 e. The zero-order valence-corrected chi connectivity index (χ0v) is 18.3. The van der Waals surface area contributed by atoms with Crippen molar-refractivity contribution in [1.82, 2.24) is 4.57 Å². The topological polar surface area (TPSA) is 105 Å². The largest absolute Gasteiger partial charge is 0.503 e. The van der Waals surface area contributed by atoms with Gasteiger partial charge >= 0.3 is 0 Å². The Labute approximate surface area is 189 Å². The van der Waals surface area contributed by atoms with Gasteiger partial charge in [-0.05, 0) is 24.5 Å². The highest BCUT2D eigenvalue weighted by Gasteiger charge is 2.31. The minimum atomic E-state index is -0.590. The Morgan fingerprint density at radius 2 is 1.61 bits per heavy atom. The molecule has 0 aliphatic heterocycles. The smallest absolute Gasteiger partial charge is 0.279 e. The molecule has 0 fully saturated rings. The summed E-state index contributed by atoms with van der Waals surface area (Å²) < 4.78 is 1.10. The van der Waals surface area contributed by atoms with Crippen LogP contribution in [0.15, 0.2) is 57.5 Å². The van der Waals surface area contributed by atoms with Crippen molar-refractivity contribution >= 4 is 28.6 Å². The van der Waals surface area contributed by atoms with Crippen molar-refractivity contribution in [1.29, 1.82) is 0 Å². The molecule has 0 bridgehead atoms. The molecule has 0 spiro atoms. The zero-order valence-electron chi connectivity index (χ0n) is 18.3. The molecule has 0 saturated heterocycles. The lowest BCUT2D eigenvalue weighted by Crippen LogP contribution is -2.23. The second-order valence-electron chi connectivity index (χ2n) is 8.17.